The molecule has 2 unspecified atom stereocenters. The molecule has 2 heteroatoms. The highest BCUT2D eigenvalue weighted by Crippen LogP contribution is 2.46. The lowest BCUT2D eigenvalue weighted by Crippen LogP contribution is -2.56. The number of hydrogen-bond donors (Lipinski definition) is 1. The molecule has 0 aromatic carbocycles. The molecule has 2 atom stereocenters. The number of aliphatic imine (C=N–C) groups is 1. The van der Waals surface area contributed by atoms with Gasteiger partial charge in [-0.3, -0.25) is 4.99 Å². The van der Waals surface area contributed by atoms with Crippen LogP contribution in [0, 0.1) is 0 Å². The van der Waals surface area contributed by atoms with Gasteiger partial charge in [0.25, 0.3) is 0 Å². The summed E-state index contributed by atoms with van der Waals surface area (Å²) in [7, 11) is 2.03. The Morgan fingerprint density at radius 3 is 2.42 bits per heavy atom. The third-order valence-electron chi connectivity index (χ3n) is 3.48. The first kappa shape index (κ1) is 7.99. The molecule has 66 valence electrons. The zero-order chi connectivity index (χ0) is 8.82. The maximum absolute atomic E-state index is 4.57. The fraction of sp³-hybridized carbons (Fsp3) is 0.700. The van der Waals surface area contributed by atoms with Crippen LogP contribution in [0.3, 0.4) is 0 Å². The van der Waals surface area contributed by atoms with Crippen LogP contribution in [0.1, 0.15) is 26.7 Å². The van der Waals surface area contributed by atoms with Crippen LogP contribution in [0.5, 0.6) is 0 Å². The predicted octanol–water partition coefficient (Wildman–Crippen LogP) is 1.53. The fourth-order valence-electron chi connectivity index (χ4n) is 2.25. The van der Waals surface area contributed by atoms with E-state index in [2.05, 4.69) is 36.3 Å². The summed E-state index contributed by atoms with van der Waals surface area (Å²) in [6.07, 6.45) is 6.67. The van der Waals surface area contributed by atoms with Gasteiger partial charge in [-0.25, -0.2) is 0 Å². The van der Waals surface area contributed by atoms with Gasteiger partial charge in [0.2, 0.25) is 0 Å². The lowest BCUT2D eigenvalue weighted by molar-refractivity contribution is 0.291. The van der Waals surface area contributed by atoms with Crippen molar-refractivity contribution in [2.75, 3.05) is 7.05 Å². The number of hydrogen-bond acceptors (Lipinski definition) is 2. The molecule has 1 N–H and O–H groups in total. The van der Waals surface area contributed by atoms with Crippen molar-refractivity contribution in [1.29, 1.82) is 0 Å². The van der Waals surface area contributed by atoms with E-state index in [1.165, 1.54) is 5.71 Å². The summed E-state index contributed by atoms with van der Waals surface area (Å²) in [6, 6.07) is 0. The third kappa shape index (κ3) is 0.761. The summed E-state index contributed by atoms with van der Waals surface area (Å²) in [5.41, 5.74) is 1.60. The van der Waals surface area contributed by atoms with E-state index < -0.39 is 0 Å². The number of nitrogens with zero attached hydrogens (tertiary/aromatic N) is 1. The van der Waals surface area contributed by atoms with E-state index in [0.29, 0.717) is 0 Å². The second kappa shape index (κ2) is 2.19. The lowest BCUT2D eigenvalue weighted by Gasteiger charge is -2.38. The van der Waals surface area contributed by atoms with E-state index in [1.54, 1.807) is 0 Å². The minimum absolute atomic E-state index is 0.135. The van der Waals surface area contributed by atoms with E-state index in [-0.39, 0.29) is 11.1 Å². The van der Waals surface area contributed by atoms with Crippen molar-refractivity contribution >= 4 is 5.71 Å². The Labute approximate surface area is 73.8 Å². The van der Waals surface area contributed by atoms with E-state index in [4.69, 9.17) is 0 Å². The monoisotopic (exact) mass is 164 g/mol. The van der Waals surface area contributed by atoms with E-state index in [9.17, 15) is 0 Å². The van der Waals surface area contributed by atoms with Gasteiger partial charge in [0.15, 0.2) is 0 Å². The van der Waals surface area contributed by atoms with Gasteiger partial charge in [-0.15, -0.1) is 0 Å². The number of likely N-dealkylation sites (N-methyl/N-ethyl adjacent to an activating group) is 1. The predicted molar refractivity (Wildman–Crippen MR) is 51.7 cm³/mol. The highest BCUT2D eigenvalue weighted by molar-refractivity contribution is 6.05. The molecule has 1 heterocycles. The van der Waals surface area contributed by atoms with Crippen LogP contribution in [0.25, 0.3) is 0 Å². The Bertz CT molecular complexity index is 259. The Hall–Kier alpha value is -0.630. The third-order valence-corrected chi connectivity index (χ3v) is 3.48. The fourth-order valence-corrected chi connectivity index (χ4v) is 2.25. The first-order valence-corrected chi connectivity index (χ1v) is 4.55. The molecule has 1 aliphatic carbocycles. The molecule has 2 nitrogen and oxygen atoms in total. The number of rotatable bonds is 1. The topological polar surface area (TPSA) is 24.4 Å². The molecule has 0 saturated carbocycles. The van der Waals surface area contributed by atoms with Crippen molar-refractivity contribution in [3.63, 3.8) is 0 Å². The molecular formula is C10H16N2. The molecule has 2 rings (SSSR count). The molecule has 0 fully saturated rings. The van der Waals surface area contributed by atoms with Crippen molar-refractivity contribution in [3.05, 3.63) is 12.2 Å². The summed E-state index contributed by atoms with van der Waals surface area (Å²) >= 11 is 0. The van der Waals surface area contributed by atoms with Gasteiger partial charge in [-0.2, -0.15) is 0 Å². The van der Waals surface area contributed by atoms with Crippen LogP contribution in [0.15, 0.2) is 17.1 Å². The lowest BCUT2D eigenvalue weighted by atomic mass is 9.73. The molecule has 1 aliphatic heterocycles. The largest absolute Gasteiger partial charge is 0.312 e. The molecular weight excluding hydrogens is 148 g/mol. The Morgan fingerprint density at radius 1 is 1.42 bits per heavy atom. The van der Waals surface area contributed by atoms with Crippen LogP contribution < -0.4 is 5.32 Å². The van der Waals surface area contributed by atoms with Crippen molar-refractivity contribution in [2.24, 2.45) is 4.99 Å². The second-order valence-corrected chi connectivity index (χ2v) is 4.02. The van der Waals surface area contributed by atoms with Crippen molar-refractivity contribution < 1.29 is 0 Å². The standard InChI is InChI=1S/C10H16N2/c1-8-10(12-8)7-5-4-6-9(10,2)11-3/h4-5,11H,6-7H2,1-3H3. The molecule has 12 heavy (non-hydrogen) atoms. The van der Waals surface area contributed by atoms with Crippen molar-refractivity contribution in [2.45, 2.75) is 37.8 Å². The van der Waals surface area contributed by atoms with Gasteiger partial charge in [-0.05, 0) is 33.7 Å². The van der Waals surface area contributed by atoms with Crippen LogP contribution in [0.4, 0.5) is 0 Å². The maximum Gasteiger partial charge on any atom is 0.119 e. The quantitative estimate of drug-likeness (QED) is 0.584. The highest BCUT2D eigenvalue weighted by Gasteiger charge is 2.57. The van der Waals surface area contributed by atoms with E-state index in [1.807, 2.05) is 7.05 Å². The molecule has 0 bridgehead atoms. The molecule has 0 aromatic rings. The van der Waals surface area contributed by atoms with Gasteiger partial charge in [0, 0.05) is 11.3 Å². The normalized spacial score (nSPS) is 44.8. The van der Waals surface area contributed by atoms with E-state index >= 15 is 0 Å². The average molecular weight is 164 g/mol. The molecule has 2 aliphatic rings. The van der Waals surface area contributed by atoms with Crippen LogP contribution >= 0.6 is 0 Å². The van der Waals surface area contributed by atoms with Gasteiger partial charge in [0.1, 0.15) is 5.54 Å². The minimum Gasteiger partial charge on any atom is -0.312 e. The first-order chi connectivity index (χ1) is 5.65. The average Bonchev–Trinajstić information content (AvgIpc) is 2.71. The first-order valence-electron chi connectivity index (χ1n) is 4.55. The number of nitrogens with one attached hydrogen (secondary N) is 1. The van der Waals surface area contributed by atoms with Crippen LogP contribution in [-0.4, -0.2) is 23.8 Å². The van der Waals surface area contributed by atoms with Gasteiger partial charge in [-0.1, -0.05) is 12.2 Å². The van der Waals surface area contributed by atoms with Gasteiger partial charge >= 0.3 is 0 Å². The maximum atomic E-state index is 4.57. The minimum atomic E-state index is 0.135. The SMILES string of the molecule is CNC1(C)CC=CCC12N=C2C. The molecule has 1 spiro atoms. The van der Waals surface area contributed by atoms with Crippen LogP contribution in [-0.2, 0) is 0 Å². The summed E-state index contributed by atoms with van der Waals surface area (Å²) in [6.45, 7) is 4.39. The Balaban J connectivity index is 2.28. The van der Waals surface area contributed by atoms with Crippen LogP contribution in [0.2, 0.25) is 0 Å². The van der Waals surface area contributed by atoms with Gasteiger partial charge < -0.3 is 5.32 Å². The van der Waals surface area contributed by atoms with Crippen molar-refractivity contribution in [3.8, 4) is 0 Å². The highest BCUT2D eigenvalue weighted by atomic mass is 15.2. The Morgan fingerprint density at radius 2 is 2.00 bits per heavy atom. The Kier molecular flexibility index (Phi) is 1.46. The van der Waals surface area contributed by atoms with E-state index in [0.717, 1.165) is 12.8 Å². The van der Waals surface area contributed by atoms with Gasteiger partial charge in [0.05, 0.1) is 0 Å². The summed E-state index contributed by atoms with van der Waals surface area (Å²) < 4.78 is 0. The molecule has 0 radical (unpaired) electrons. The smallest absolute Gasteiger partial charge is 0.119 e. The summed E-state index contributed by atoms with van der Waals surface area (Å²) in [4.78, 5) is 4.57. The molecule has 0 aromatic heterocycles. The summed E-state index contributed by atoms with van der Waals surface area (Å²) in [5.74, 6) is 0. The molecule has 0 amide bonds. The zero-order valence-electron chi connectivity index (χ0n) is 8.02. The second-order valence-electron chi connectivity index (χ2n) is 4.02. The zero-order valence-corrected chi connectivity index (χ0v) is 8.02. The van der Waals surface area contributed by atoms with Crippen molar-refractivity contribution in [1.82, 2.24) is 5.32 Å². The molecule has 0 saturated heterocycles. The summed E-state index contributed by atoms with van der Waals surface area (Å²) in [5, 5.41) is 3.40.